The molecule has 0 unspecified atom stereocenters. The second-order valence-corrected chi connectivity index (χ2v) is 4.31. The first-order valence-electron chi connectivity index (χ1n) is 5.88. The molecule has 0 aliphatic carbocycles. The van der Waals surface area contributed by atoms with Gasteiger partial charge in [-0.1, -0.05) is 24.3 Å². The highest BCUT2D eigenvalue weighted by Gasteiger charge is 2.04. The Morgan fingerprint density at radius 2 is 1.89 bits per heavy atom. The number of amidine groups is 1. The van der Waals surface area contributed by atoms with E-state index in [-0.39, 0.29) is 11.7 Å². The van der Waals surface area contributed by atoms with Crippen molar-refractivity contribution in [2.75, 3.05) is 0 Å². The lowest BCUT2D eigenvalue weighted by atomic mass is 10.1. The molecule has 0 atom stereocenters. The zero-order valence-corrected chi connectivity index (χ0v) is 10.6. The van der Waals surface area contributed by atoms with Crippen molar-refractivity contribution < 1.29 is 9.13 Å². The number of hydrogen-bond donors (Lipinski definition) is 2. The van der Waals surface area contributed by atoms with Crippen LogP contribution < -0.4 is 10.5 Å². The number of nitrogens with one attached hydrogen (secondary N) is 1. The molecule has 2 aromatic rings. The maximum absolute atomic E-state index is 12.8. The molecular formula is C15H15FN2O. The Morgan fingerprint density at radius 3 is 2.53 bits per heavy atom. The van der Waals surface area contributed by atoms with Gasteiger partial charge in [0, 0.05) is 5.56 Å². The summed E-state index contributed by atoms with van der Waals surface area (Å²) in [6.07, 6.45) is 0. The number of hydrogen-bond acceptors (Lipinski definition) is 2. The highest BCUT2D eigenvalue weighted by Crippen LogP contribution is 2.20. The minimum absolute atomic E-state index is 0.00614. The van der Waals surface area contributed by atoms with Gasteiger partial charge in [-0.05, 0) is 36.2 Å². The summed E-state index contributed by atoms with van der Waals surface area (Å²) in [7, 11) is 0. The molecule has 0 aliphatic rings. The van der Waals surface area contributed by atoms with Crippen LogP contribution in [0.25, 0.3) is 0 Å². The molecule has 0 aliphatic heterocycles. The van der Waals surface area contributed by atoms with Crippen molar-refractivity contribution in [2.24, 2.45) is 5.73 Å². The van der Waals surface area contributed by atoms with Crippen LogP contribution in [0.5, 0.6) is 5.75 Å². The minimum atomic E-state index is -0.265. The van der Waals surface area contributed by atoms with E-state index in [0.717, 1.165) is 11.1 Å². The van der Waals surface area contributed by atoms with Crippen LogP contribution in [0, 0.1) is 18.2 Å². The normalized spacial score (nSPS) is 10.2. The highest BCUT2D eigenvalue weighted by molar-refractivity contribution is 5.95. The Bertz CT molecular complexity index is 594. The lowest BCUT2D eigenvalue weighted by Gasteiger charge is -2.10. The van der Waals surface area contributed by atoms with Gasteiger partial charge in [0.1, 0.15) is 24.0 Å². The second-order valence-electron chi connectivity index (χ2n) is 4.31. The van der Waals surface area contributed by atoms with Crippen LogP contribution >= 0.6 is 0 Å². The summed E-state index contributed by atoms with van der Waals surface area (Å²) in [5, 5.41) is 7.40. The van der Waals surface area contributed by atoms with Crippen LogP contribution in [0.1, 0.15) is 16.7 Å². The molecule has 0 amide bonds. The molecule has 0 saturated heterocycles. The molecule has 0 spiro atoms. The van der Waals surface area contributed by atoms with Gasteiger partial charge in [0.15, 0.2) is 0 Å². The van der Waals surface area contributed by atoms with Gasteiger partial charge >= 0.3 is 0 Å². The Labute approximate surface area is 111 Å². The molecular weight excluding hydrogens is 243 g/mol. The zero-order valence-electron chi connectivity index (χ0n) is 10.6. The molecule has 0 aromatic heterocycles. The molecule has 3 N–H and O–H groups in total. The van der Waals surface area contributed by atoms with E-state index in [9.17, 15) is 4.39 Å². The lowest BCUT2D eigenvalue weighted by Crippen LogP contribution is -2.11. The van der Waals surface area contributed by atoms with Gasteiger partial charge in [-0.15, -0.1) is 0 Å². The topological polar surface area (TPSA) is 59.1 Å². The Balaban J connectivity index is 2.12. The van der Waals surface area contributed by atoms with Gasteiger partial charge in [-0.2, -0.15) is 0 Å². The van der Waals surface area contributed by atoms with E-state index in [0.29, 0.717) is 17.9 Å². The maximum Gasteiger partial charge on any atom is 0.123 e. The third-order valence-electron chi connectivity index (χ3n) is 2.81. The average Bonchev–Trinajstić information content (AvgIpc) is 2.39. The number of nitrogen functional groups attached to an aromatic ring is 1. The van der Waals surface area contributed by atoms with Gasteiger partial charge in [0.2, 0.25) is 0 Å². The van der Waals surface area contributed by atoms with E-state index in [1.54, 1.807) is 24.3 Å². The summed E-state index contributed by atoms with van der Waals surface area (Å²) < 4.78 is 18.5. The van der Waals surface area contributed by atoms with Gasteiger partial charge in [-0.3, -0.25) is 5.41 Å². The fourth-order valence-electron chi connectivity index (χ4n) is 1.66. The van der Waals surface area contributed by atoms with E-state index in [2.05, 4.69) is 0 Å². The molecule has 2 aromatic carbocycles. The van der Waals surface area contributed by atoms with Gasteiger partial charge in [0.25, 0.3) is 0 Å². The minimum Gasteiger partial charge on any atom is -0.489 e. The third kappa shape index (κ3) is 3.31. The largest absolute Gasteiger partial charge is 0.489 e. The molecule has 3 nitrogen and oxygen atoms in total. The van der Waals surface area contributed by atoms with Crippen molar-refractivity contribution in [3.8, 4) is 5.75 Å². The van der Waals surface area contributed by atoms with Crippen LogP contribution in [0.2, 0.25) is 0 Å². The lowest BCUT2D eigenvalue weighted by molar-refractivity contribution is 0.304. The summed E-state index contributed by atoms with van der Waals surface area (Å²) in [5.74, 6) is 0.419. The van der Waals surface area contributed by atoms with Crippen LogP contribution in [0.4, 0.5) is 4.39 Å². The van der Waals surface area contributed by atoms with E-state index in [1.807, 2.05) is 13.0 Å². The van der Waals surface area contributed by atoms with Crippen molar-refractivity contribution in [1.29, 1.82) is 5.41 Å². The maximum atomic E-state index is 12.8. The van der Waals surface area contributed by atoms with E-state index in [4.69, 9.17) is 15.9 Å². The van der Waals surface area contributed by atoms with Gasteiger partial charge in [-0.25, -0.2) is 4.39 Å². The summed E-state index contributed by atoms with van der Waals surface area (Å²) >= 11 is 0. The van der Waals surface area contributed by atoms with Crippen molar-refractivity contribution in [2.45, 2.75) is 13.5 Å². The molecule has 0 bridgehead atoms. The number of aryl methyl sites for hydroxylation is 1. The molecule has 0 fully saturated rings. The second kappa shape index (κ2) is 5.52. The molecule has 0 radical (unpaired) electrons. The van der Waals surface area contributed by atoms with E-state index < -0.39 is 0 Å². The van der Waals surface area contributed by atoms with Crippen molar-refractivity contribution in [3.05, 3.63) is 65.0 Å². The average molecular weight is 258 g/mol. The molecule has 19 heavy (non-hydrogen) atoms. The van der Waals surface area contributed by atoms with Crippen LogP contribution in [0.15, 0.2) is 42.5 Å². The van der Waals surface area contributed by atoms with Crippen molar-refractivity contribution in [1.82, 2.24) is 0 Å². The summed E-state index contributed by atoms with van der Waals surface area (Å²) in [6, 6.07) is 11.5. The number of benzene rings is 2. The fourth-order valence-corrected chi connectivity index (χ4v) is 1.66. The molecule has 0 heterocycles. The number of nitrogens with two attached hydrogens (primary N) is 1. The third-order valence-corrected chi connectivity index (χ3v) is 2.81. The SMILES string of the molecule is Cc1ccc(C(=N)N)cc1OCc1ccc(F)cc1. The monoisotopic (exact) mass is 258 g/mol. The van der Waals surface area contributed by atoms with Gasteiger partial charge in [0.05, 0.1) is 0 Å². The predicted octanol–water partition coefficient (Wildman–Crippen LogP) is 3.00. The van der Waals surface area contributed by atoms with E-state index >= 15 is 0 Å². The van der Waals surface area contributed by atoms with Gasteiger partial charge < -0.3 is 10.5 Å². The smallest absolute Gasteiger partial charge is 0.123 e. The quantitative estimate of drug-likeness (QED) is 0.654. The Morgan fingerprint density at radius 1 is 1.21 bits per heavy atom. The molecule has 0 saturated carbocycles. The molecule has 98 valence electrons. The standard InChI is InChI=1S/C15H15FN2O/c1-10-2-5-12(15(17)18)8-14(10)19-9-11-3-6-13(16)7-4-11/h2-8H,9H2,1H3,(H3,17,18). The summed E-state index contributed by atoms with van der Waals surface area (Å²) in [5.41, 5.74) is 7.92. The van der Waals surface area contributed by atoms with Crippen molar-refractivity contribution in [3.63, 3.8) is 0 Å². The highest BCUT2D eigenvalue weighted by atomic mass is 19.1. The number of rotatable bonds is 4. The number of ether oxygens (including phenoxy) is 1. The fraction of sp³-hybridized carbons (Fsp3) is 0.133. The van der Waals surface area contributed by atoms with Crippen LogP contribution in [-0.2, 0) is 6.61 Å². The first-order chi connectivity index (χ1) is 9.06. The van der Waals surface area contributed by atoms with Crippen LogP contribution in [-0.4, -0.2) is 5.84 Å². The first kappa shape index (κ1) is 13.1. The summed E-state index contributed by atoms with van der Waals surface area (Å²) in [4.78, 5) is 0. The molecule has 4 heteroatoms. The Hall–Kier alpha value is -2.36. The number of halogens is 1. The van der Waals surface area contributed by atoms with Crippen LogP contribution in [0.3, 0.4) is 0 Å². The van der Waals surface area contributed by atoms with E-state index in [1.165, 1.54) is 12.1 Å². The summed E-state index contributed by atoms with van der Waals surface area (Å²) in [6.45, 7) is 2.27. The van der Waals surface area contributed by atoms with Crippen molar-refractivity contribution >= 4 is 5.84 Å². The predicted molar refractivity (Wildman–Crippen MR) is 72.9 cm³/mol. The zero-order chi connectivity index (χ0) is 13.8. The Kier molecular flexibility index (Phi) is 3.80. The molecule has 2 rings (SSSR count). The first-order valence-corrected chi connectivity index (χ1v) is 5.88.